The van der Waals surface area contributed by atoms with Crippen LogP contribution in [0.5, 0.6) is 0 Å². The van der Waals surface area contributed by atoms with Crippen LogP contribution in [0.2, 0.25) is 0 Å². The zero-order valence-electron chi connectivity index (χ0n) is 11.5. The van der Waals surface area contributed by atoms with Crippen LogP contribution in [0.25, 0.3) is 0 Å². The van der Waals surface area contributed by atoms with Crippen molar-refractivity contribution in [1.29, 1.82) is 0 Å². The summed E-state index contributed by atoms with van der Waals surface area (Å²) in [5, 5.41) is 10.8. The summed E-state index contributed by atoms with van der Waals surface area (Å²) in [6, 6.07) is -1.09. The lowest BCUT2D eigenvalue weighted by Crippen LogP contribution is -2.44. The molecule has 1 aliphatic rings. The van der Waals surface area contributed by atoms with Gasteiger partial charge in [-0.15, -0.1) is 0 Å². The predicted molar refractivity (Wildman–Crippen MR) is 75.0 cm³/mol. The zero-order chi connectivity index (χ0) is 15.2. The van der Waals surface area contributed by atoms with E-state index in [1.807, 2.05) is 0 Å². The Morgan fingerprint density at radius 1 is 1.35 bits per heavy atom. The number of carboxylic acid groups (broad SMARTS) is 1. The van der Waals surface area contributed by atoms with Gasteiger partial charge in [-0.3, -0.25) is 4.79 Å². The van der Waals surface area contributed by atoms with E-state index >= 15 is 0 Å². The largest absolute Gasteiger partial charge is 0.480 e. The molecule has 0 spiro atoms. The number of amides is 1. The number of allylic oxidation sites excluding steroid dienone is 1. The van der Waals surface area contributed by atoms with Crippen LogP contribution in [-0.2, 0) is 19.4 Å². The average molecular weight is 303 g/mol. The van der Waals surface area contributed by atoms with Crippen LogP contribution in [-0.4, -0.2) is 42.4 Å². The number of hydrogen-bond donors (Lipinski definition) is 2. The molecule has 0 saturated heterocycles. The summed E-state index contributed by atoms with van der Waals surface area (Å²) in [6.45, 7) is 1.74. The first-order valence-electron chi connectivity index (χ1n) is 6.71. The maximum atomic E-state index is 12.0. The van der Waals surface area contributed by atoms with Crippen LogP contribution in [0.15, 0.2) is 12.2 Å². The standard InChI is InChI=1S/C13H21NO5S/c1-2-3-8-11(13(16)17)14-12(15)9-20(18,19)10-6-4-5-7-10/h2-3,10-11H,4-9H2,1H3,(H,14,15)(H,16,17)/b3-2+. The van der Waals surface area contributed by atoms with Gasteiger partial charge in [0, 0.05) is 0 Å². The zero-order valence-corrected chi connectivity index (χ0v) is 12.4. The summed E-state index contributed by atoms with van der Waals surface area (Å²) in [5.74, 6) is -2.54. The van der Waals surface area contributed by atoms with Crippen LogP contribution in [0.4, 0.5) is 0 Å². The summed E-state index contributed by atoms with van der Waals surface area (Å²) in [6.07, 6.45) is 6.35. The average Bonchev–Trinajstić information content (AvgIpc) is 2.87. The molecule has 2 N–H and O–H groups in total. The van der Waals surface area contributed by atoms with E-state index in [1.165, 1.54) is 0 Å². The molecule has 0 heterocycles. The van der Waals surface area contributed by atoms with Gasteiger partial charge in [0.15, 0.2) is 9.84 Å². The molecule has 1 fully saturated rings. The predicted octanol–water partition coefficient (Wildman–Crippen LogP) is 0.879. The molecule has 1 amide bonds. The molecule has 0 bridgehead atoms. The third-order valence-corrected chi connectivity index (χ3v) is 5.53. The molecule has 6 nitrogen and oxygen atoms in total. The maximum absolute atomic E-state index is 12.0. The van der Waals surface area contributed by atoms with Crippen LogP contribution in [0.1, 0.15) is 39.0 Å². The summed E-state index contributed by atoms with van der Waals surface area (Å²) in [7, 11) is -3.47. The minimum atomic E-state index is -3.47. The van der Waals surface area contributed by atoms with Crippen molar-refractivity contribution in [2.75, 3.05) is 5.75 Å². The highest BCUT2D eigenvalue weighted by Gasteiger charge is 2.31. The lowest BCUT2D eigenvalue weighted by atomic mass is 10.2. The molecule has 0 aliphatic heterocycles. The molecular formula is C13H21NO5S. The second-order valence-corrected chi connectivity index (χ2v) is 7.26. The van der Waals surface area contributed by atoms with Crippen LogP contribution < -0.4 is 5.32 Å². The molecule has 0 radical (unpaired) electrons. The van der Waals surface area contributed by atoms with Crippen molar-refractivity contribution >= 4 is 21.7 Å². The number of nitrogens with one attached hydrogen (secondary N) is 1. The fourth-order valence-electron chi connectivity index (χ4n) is 2.28. The Hall–Kier alpha value is -1.37. The molecule has 0 aromatic carbocycles. The molecule has 0 aromatic rings. The Balaban J connectivity index is 2.58. The van der Waals surface area contributed by atoms with E-state index in [0.29, 0.717) is 12.8 Å². The number of carbonyl (C=O) groups is 2. The Morgan fingerprint density at radius 2 is 1.95 bits per heavy atom. The van der Waals surface area contributed by atoms with E-state index in [9.17, 15) is 18.0 Å². The summed E-state index contributed by atoms with van der Waals surface area (Å²) in [4.78, 5) is 22.7. The van der Waals surface area contributed by atoms with Crippen molar-refractivity contribution < 1.29 is 23.1 Å². The second kappa shape index (κ2) is 7.42. The lowest BCUT2D eigenvalue weighted by Gasteiger charge is -2.14. The number of carbonyl (C=O) groups excluding carboxylic acids is 1. The number of rotatable bonds is 7. The van der Waals surface area contributed by atoms with E-state index in [0.717, 1.165) is 12.8 Å². The minimum absolute atomic E-state index is 0.140. The minimum Gasteiger partial charge on any atom is -0.480 e. The number of sulfone groups is 1. The molecule has 114 valence electrons. The van der Waals surface area contributed by atoms with Crippen molar-refractivity contribution in [2.45, 2.75) is 50.3 Å². The van der Waals surface area contributed by atoms with Crippen LogP contribution >= 0.6 is 0 Å². The van der Waals surface area contributed by atoms with Gasteiger partial charge < -0.3 is 10.4 Å². The molecular weight excluding hydrogens is 282 g/mol. The first-order chi connectivity index (χ1) is 9.36. The number of carboxylic acids is 1. The van der Waals surface area contributed by atoms with Gasteiger partial charge in [-0.2, -0.15) is 0 Å². The van der Waals surface area contributed by atoms with Crippen molar-refractivity contribution in [1.82, 2.24) is 5.32 Å². The Labute approximate surface area is 119 Å². The Morgan fingerprint density at radius 3 is 2.45 bits per heavy atom. The smallest absolute Gasteiger partial charge is 0.326 e. The molecule has 1 atom stereocenters. The van der Waals surface area contributed by atoms with Crippen molar-refractivity contribution in [3.63, 3.8) is 0 Å². The van der Waals surface area contributed by atoms with Gasteiger partial charge >= 0.3 is 5.97 Å². The highest BCUT2D eigenvalue weighted by molar-refractivity contribution is 7.92. The third-order valence-electron chi connectivity index (χ3n) is 3.38. The topological polar surface area (TPSA) is 101 Å². The van der Waals surface area contributed by atoms with Crippen molar-refractivity contribution in [2.24, 2.45) is 0 Å². The van der Waals surface area contributed by atoms with E-state index in [1.54, 1.807) is 19.1 Å². The van der Waals surface area contributed by atoms with Crippen molar-refractivity contribution in [3.05, 3.63) is 12.2 Å². The maximum Gasteiger partial charge on any atom is 0.326 e. The number of hydrogen-bond acceptors (Lipinski definition) is 4. The molecule has 1 unspecified atom stereocenters. The van der Waals surface area contributed by atoms with E-state index in [4.69, 9.17) is 5.11 Å². The normalized spacial score (nSPS) is 18.2. The molecule has 0 aromatic heterocycles. The van der Waals surface area contributed by atoms with Gasteiger partial charge in [-0.05, 0) is 26.2 Å². The fraction of sp³-hybridized carbons (Fsp3) is 0.692. The monoisotopic (exact) mass is 303 g/mol. The van der Waals surface area contributed by atoms with Crippen molar-refractivity contribution in [3.8, 4) is 0 Å². The first-order valence-corrected chi connectivity index (χ1v) is 8.43. The highest BCUT2D eigenvalue weighted by atomic mass is 32.2. The fourth-order valence-corrected chi connectivity index (χ4v) is 4.01. The van der Waals surface area contributed by atoms with Gasteiger partial charge in [0.25, 0.3) is 0 Å². The van der Waals surface area contributed by atoms with Crippen LogP contribution in [0, 0.1) is 0 Å². The van der Waals surface area contributed by atoms with E-state index in [-0.39, 0.29) is 6.42 Å². The summed E-state index contributed by atoms with van der Waals surface area (Å²) in [5.41, 5.74) is 0. The molecule has 7 heteroatoms. The van der Waals surface area contributed by atoms with Gasteiger partial charge in [0.1, 0.15) is 11.8 Å². The second-order valence-electron chi connectivity index (χ2n) is 4.98. The van der Waals surface area contributed by atoms with Gasteiger partial charge in [-0.1, -0.05) is 25.0 Å². The summed E-state index contributed by atoms with van der Waals surface area (Å²) >= 11 is 0. The Kier molecular flexibility index (Phi) is 6.19. The molecule has 1 rings (SSSR count). The molecule has 1 saturated carbocycles. The first kappa shape index (κ1) is 16.7. The van der Waals surface area contributed by atoms with E-state index < -0.39 is 38.8 Å². The SMILES string of the molecule is C/C=C/CC(NC(=O)CS(=O)(=O)C1CCCC1)C(=O)O. The molecule has 20 heavy (non-hydrogen) atoms. The summed E-state index contributed by atoms with van der Waals surface area (Å²) < 4.78 is 24.0. The van der Waals surface area contributed by atoms with Gasteiger partial charge in [0.05, 0.1) is 5.25 Å². The quantitative estimate of drug-likeness (QED) is 0.680. The van der Waals surface area contributed by atoms with Gasteiger partial charge in [-0.25, -0.2) is 13.2 Å². The molecule has 1 aliphatic carbocycles. The van der Waals surface area contributed by atoms with Gasteiger partial charge in [0.2, 0.25) is 5.91 Å². The number of aliphatic carboxylic acids is 1. The lowest BCUT2D eigenvalue weighted by molar-refractivity contribution is -0.141. The van der Waals surface area contributed by atoms with Crippen LogP contribution in [0.3, 0.4) is 0 Å². The Bertz CT molecular complexity index is 477. The third kappa shape index (κ3) is 4.96. The van der Waals surface area contributed by atoms with E-state index in [2.05, 4.69) is 5.32 Å². The highest BCUT2D eigenvalue weighted by Crippen LogP contribution is 2.25.